The Morgan fingerprint density at radius 3 is 2.75 bits per heavy atom. The summed E-state index contributed by atoms with van der Waals surface area (Å²) < 4.78 is 0. The summed E-state index contributed by atoms with van der Waals surface area (Å²) in [5.74, 6) is 0.0679. The summed E-state index contributed by atoms with van der Waals surface area (Å²) in [7, 11) is 0. The van der Waals surface area contributed by atoms with Crippen molar-refractivity contribution in [3.8, 4) is 0 Å². The zero-order valence-electron chi connectivity index (χ0n) is 12.1. The van der Waals surface area contributed by atoms with Crippen LogP contribution in [0.3, 0.4) is 0 Å². The largest absolute Gasteiger partial charge is 0.399 e. The molecule has 1 unspecified atom stereocenters. The Kier molecular flexibility index (Phi) is 4.84. The number of hydrogen-bond donors (Lipinski definition) is 3. The van der Waals surface area contributed by atoms with Crippen LogP contribution in [-0.2, 0) is 0 Å². The van der Waals surface area contributed by atoms with Crippen LogP contribution in [0.25, 0.3) is 0 Å². The monoisotopic (exact) mass is 276 g/mol. The molecule has 1 fully saturated rings. The van der Waals surface area contributed by atoms with Crippen LogP contribution in [0.15, 0.2) is 18.2 Å². The Labute approximate surface area is 120 Å². The molecule has 1 heterocycles. The highest BCUT2D eigenvalue weighted by molar-refractivity contribution is 5.99. The van der Waals surface area contributed by atoms with Crippen LogP contribution in [-0.4, -0.2) is 37.0 Å². The van der Waals surface area contributed by atoms with E-state index in [-0.39, 0.29) is 0 Å². The van der Waals surface area contributed by atoms with E-state index < -0.39 is 5.91 Å². The van der Waals surface area contributed by atoms with Gasteiger partial charge in [-0.1, -0.05) is 6.92 Å². The molecule has 1 aliphatic rings. The maximum Gasteiger partial charge on any atom is 0.250 e. The number of amides is 1. The number of nitrogens with one attached hydrogen (secondary N) is 1. The van der Waals surface area contributed by atoms with E-state index in [0.717, 1.165) is 18.8 Å². The van der Waals surface area contributed by atoms with Gasteiger partial charge >= 0.3 is 0 Å². The molecule has 0 saturated carbocycles. The Hall–Kier alpha value is -1.75. The van der Waals surface area contributed by atoms with Crippen LogP contribution in [0.5, 0.6) is 0 Å². The quantitative estimate of drug-likeness (QED) is 0.688. The summed E-state index contributed by atoms with van der Waals surface area (Å²) in [6.45, 7) is 6.54. The van der Waals surface area contributed by atoms with Gasteiger partial charge in [-0.05, 0) is 50.0 Å². The summed E-state index contributed by atoms with van der Waals surface area (Å²) in [4.78, 5) is 13.9. The molecular weight excluding hydrogens is 252 g/mol. The second kappa shape index (κ2) is 6.61. The van der Waals surface area contributed by atoms with Gasteiger partial charge in [0.25, 0.3) is 5.91 Å². The Balaban J connectivity index is 1.91. The summed E-state index contributed by atoms with van der Waals surface area (Å²) in [5.41, 5.74) is 12.8. The lowest BCUT2D eigenvalue weighted by atomic mass is 10.1. The smallest absolute Gasteiger partial charge is 0.250 e. The molecule has 0 radical (unpaired) electrons. The third-order valence-electron chi connectivity index (χ3n) is 3.72. The summed E-state index contributed by atoms with van der Waals surface area (Å²) in [6.07, 6.45) is 2.62. The van der Waals surface area contributed by atoms with Crippen molar-refractivity contribution in [2.75, 3.05) is 37.2 Å². The second-order valence-electron chi connectivity index (χ2n) is 5.66. The van der Waals surface area contributed by atoms with E-state index in [9.17, 15) is 4.79 Å². The molecule has 5 heteroatoms. The maximum absolute atomic E-state index is 11.4. The van der Waals surface area contributed by atoms with Gasteiger partial charge in [-0.25, -0.2) is 0 Å². The van der Waals surface area contributed by atoms with E-state index in [0.29, 0.717) is 17.2 Å². The van der Waals surface area contributed by atoms with Crippen molar-refractivity contribution in [1.82, 2.24) is 4.90 Å². The number of nitrogens with two attached hydrogens (primary N) is 2. The molecule has 0 aromatic heterocycles. The van der Waals surface area contributed by atoms with Gasteiger partial charge in [0.1, 0.15) is 0 Å². The van der Waals surface area contributed by atoms with Crippen molar-refractivity contribution in [3.63, 3.8) is 0 Å². The molecule has 1 aromatic rings. The highest BCUT2D eigenvalue weighted by atomic mass is 16.1. The first kappa shape index (κ1) is 14.7. The lowest BCUT2D eigenvalue weighted by Crippen LogP contribution is -2.29. The van der Waals surface area contributed by atoms with E-state index in [2.05, 4.69) is 17.1 Å². The summed E-state index contributed by atoms with van der Waals surface area (Å²) >= 11 is 0. The predicted molar refractivity (Wildman–Crippen MR) is 82.7 cm³/mol. The average molecular weight is 276 g/mol. The fourth-order valence-corrected chi connectivity index (χ4v) is 2.67. The zero-order valence-corrected chi connectivity index (χ0v) is 12.1. The highest BCUT2D eigenvalue weighted by Crippen LogP contribution is 2.19. The number of carbonyl (C=O) groups is 1. The number of nitrogen functional groups attached to an aromatic ring is 1. The molecule has 0 bridgehead atoms. The van der Waals surface area contributed by atoms with Gasteiger partial charge in [0, 0.05) is 24.5 Å². The molecular formula is C15H24N4O. The van der Waals surface area contributed by atoms with Crippen molar-refractivity contribution < 1.29 is 4.79 Å². The van der Waals surface area contributed by atoms with Crippen LogP contribution in [0.1, 0.15) is 30.1 Å². The highest BCUT2D eigenvalue weighted by Gasteiger charge is 2.15. The van der Waals surface area contributed by atoms with Gasteiger partial charge < -0.3 is 21.7 Å². The van der Waals surface area contributed by atoms with E-state index in [1.165, 1.54) is 25.9 Å². The fourth-order valence-electron chi connectivity index (χ4n) is 2.67. The van der Waals surface area contributed by atoms with E-state index in [1.54, 1.807) is 12.1 Å². The van der Waals surface area contributed by atoms with Gasteiger partial charge in [0.2, 0.25) is 0 Å². The van der Waals surface area contributed by atoms with E-state index >= 15 is 0 Å². The Morgan fingerprint density at radius 1 is 1.40 bits per heavy atom. The average Bonchev–Trinajstić information content (AvgIpc) is 2.90. The lowest BCUT2D eigenvalue weighted by Gasteiger charge is -2.21. The van der Waals surface area contributed by atoms with Gasteiger partial charge in [0.15, 0.2) is 0 Å². The van der Waals surface area contributed by atoms with Crippen LogP contribution < -0.4 is 16.8 Å². The number of hydrogen-bond acceptors (Lipinski definition) is 4. The maximum atomic E-state index is 11.4. The number of primary amides is 1. The molecule has 1 aliphatic heterocycles. The topological polar surface area (TPSA) is 84.4 Å². The van der Waals surface area contributed by atoms with Gasteiger partial charge in [-0.3, -0.25) is 4.79 Å². The first-order chi connectivity index (χ1) is 9.56. The van der Waals surface area contributed by atoms with Crippen molar-refractivity contribution in [3.05, 3.63) is 23.8 Å². The van der Waals surface area contributed by atoms with Crippen molar-refractivity contribution in [1.29, 1.82) is 0 Å². The second-order valence-corrected chi connectivity index (χ2v) is 5.66. The molecule has 5 nitrogen and oxygen atoms in total. The lowest BCUT2D eigenvalue weighted by molar-refractivity contribution is 0.100. The predicted octanol–water partition coefficient (Wildman–Crippen LogP) is 1.51. The summed E-state index contributed by atoms with van der Waals surface area (Å²) in [5, 5.41) is 3.31. The third kappa shape index (κ3) is 3.87. The number of rotatable bonds is 6. The third-order valence-corrected chi connectivity index (χ3v) is 3.72. The van der Waals surface area contributed by atoms with Gasteiger partial charge in [-0.15, -0.1) is 0 Å². The van der Waals surface area contributed by atoms with E-state index in [4.69, 9.17) is 11.5 Å². The molecule has 1 aromatic carbocycles. The number of likely N-dealkylation sites (tertiary alicyclic amines) is 1. The van der Waals surface area contributed by atoms with E-state index in [1.807, 2.05) is 6.07 Å². The standard InChI is InChI=1S/C15H24N4O/c1-11(10-19-6-2-3-7-19)9-18-14-5-4-12(16)8-13(14)15(17)20/h4-5,8,11,18H,2-3,6-7,9-10,16H2,1H3,(H2,17,20). The minimum Gasteiger partial charge on any atom is -0.399 e. The number of anilines is 2. The van der Waals surface area contributed by atoms with Gasteiger partial charge in [0.05, 0.1) is 5.56 Å². The van der Waals surface area contributed by atoms with Crippen LogP contribution in [0.2, 0.25) is 0 Å². The van der Waals surface area contributed by atoms with Crippen LogP contribution >= 0.6 is 0 Å². The van der Waals surface area contributed by atoms with Crippen molar-refractivity contribution in [2.24, 2.45) is 11.7 Å². The molecule has 1 atom stereocenters. The van der Waals surface area contributed by atoms with Crippen LogP contribution in [0.4, 0.5) is 11.4 Å². The molecule has 5 N–H and O–H groups in total. The summed E-state index contributed by atoms with van der Waals surface area (Å²) in [6, 6.07) is 5.22. The van der Waals surface area contributed by atoms with Crippen LogP contribution in [0, 0.1) is 5.92 Å². The van der Waals surface area contributed by atoms with Crippen molar-refractivity contribution >= 4 is 17.3 Å². The Bertz CT molecular complexity index is 469. The molecule has 0 spiro atoms. The van der Waals surface area contributed by atoms with Gasteiger partial charge in [-0.2, -0.15) is 0 Å². The number of benzene rings is 1. The molecule has 1 saturated heterocycles. The Morgan fingerprint density at radius 2 is 2.10 bits per heavy atom. The minimum absolute atomic E-state index is 0.452. The SMILES string of the molecule is CC(CNc1ccc(N)cc1C(N)=O)CN1CCCC1. The molecule has 2 rings (SSSR count). The molecule has 1 amide bonds. The normalized spacial score (nSPS) is 17.1. The minimum atomic E-state index is -0.452. The molecule has 110 valence electrons. The fraction of sp³-hybridized carbons (Fsp3) is 0.533. The number of carbonyl (C=O) groups excluding carboxylic acids is 1. The van der Waals surface area contributed by atoms with Crippen molar-refractivity contribution in [2.45, 2.75) is 19.8 Å². The zero-order chi connectivity index (χ0) is 14.5. The first-order valence-corrected chi connectivity index (χ1v) is 7.22. The molecule has 0 aliphatic carbocycles. The molecule has 20 heavy (non-hydrogen) atoms. The first-order valence-electron chi connectivity index (χ1n) is 7.22. The number of nitrogens with zero attached hydrogens (tertiary/aromatic N) is 1.